The molecule has 3 N–H and O–H groups in total. The molecule has 1 heterocycles. The number of carbonyl (C=O) groups excluding carboxylic acids is 1. The van der Waals surface area contributed by atoms with Crippen molar-refractivity contribution in [3.05, 3.63) is 0 Å². The van der Waals surface area contributed by atoms with E-state index in [1.807, 2.05) is 20.8 Å². The second-order valence-corrected chi connectivity index (χ2v) is 9.48. The first-order valence-corrected chi connectivity index (χ1v) is 9.17. The summed E-state index contributed by atoms with van der Waals surface area (Å²) in [7, 11) is -3.08. The zero-order chi connectivity index (χ0) is 15.8. The number of nitrogens with two attached hydrogens (primary N) is 1. The molecule has 0 bridgehead atoms. The lowest BCUT2D eigenvalue weighted by Gasteiger charge is -2.33. The number of nitrogens with one attached hydrogen (secondary N) is 1. The van der Waals surface area contributed by atoms with E-state index >= 15 is 0 Å². The maximum atomic E-state index is 12.1. The minimum atomic E-state index is -3.08. The Labute approximate surface area is 139 Å². The Morgan fingerprint density at radius 1 is 1.18 bits per heavy atom. The highest BCUT2D eigenvalue weighted by atomic mass is 35.5. The fourth-order valence-corrected chi connectivity index (χ4v) is 4.39. The topological polar surface area (TPSA) is 92.5 Å². The zero-order valence-electron chi connectivity index (χ0n) is 13.5. The van der Waals surface area contributed by atoms with Crippen molar-refractivity contribution in [2.24, 2.45) is 11.1 Å². The highest BCUT2D eigenvalue weighted by molar-refractivity contribution is 7.90. The van der Waals surface area contributed by atoms with Crippen LogP contribution in [0.15, 0.2) is 0 Å². The average molecular weight is 354 g/mol. The van der Waals surface area contributed by atoms with E-state index in [4.69, 9.17) is 5.73 Å². The number of hydrogen-bond acceptors (Lipinski definition) is 4. The summed E-state index contributed by atoms with van der Waals surface area (Å²) in [6.45, 7) is 6.79. The summed E-state index contributed by atoms with van der Waals surface area (Å²) in [5, 5.41) is 2.80. The molecule has 1 amide bonds. The van der Waals surface area contributed by atoms with Gasteiger partial charge in [0, 0.05) is 19.1 Å². The van der Waals surface area contributed by atoms with Crippen LogP contribution in [0.4, 0.5) is 0 Å². The molecule has 0 radical (unpaired) electrons. The Balaban J connectivity index is 0.00000242. The summed E-state index contributed by atoms with van der Waals surface area (Å²) >= 11 is 0. The molecule has 8 heteroatoms. The van der Waals surface area contributed by atoms with Crippen LogP contribution in [0.25, 0.3) is 0 Å². The van der Waals surface area contributed by atoms with Crippen LogP contribution in [0.5, 0.6) is 0 Å². The molecule has 1 aliphatic heterocycles. The number of carbonyl (C=O) groups is 1. The van der Waals surface area contributed by atoms with E-state index in [9.17, 15) is 13.2 Å². The molecule has 130 valence electrons. The van der Waals surface area contributed by atoms with Crippen LogP contribution < -0.4 is 11.1 Å². The van der Waals surface area contributed by atoms with Gasteiger partial charge in [0.05, 0.1) is 11.3 Å². The fraction of sp³-hybridized carbons (Fsp3) is 0.929. The Morgan fingerprint density at radius 3 is 2.09 bits per heavy atom. The van der Waals surface area contributed by atoms with Crippen molar-refractivity contribution in [1.29, 1.82) is 0 Å². The molecule has 1 atom stereocenters. The second-order valence-electron chi connectivity index (χ2n) is 7.27. The van der Waals surface area contributed by atoms with Crippen LogP contribution >= 0.6 is 12.4 Å². The van der Waals surface area contributed by atoms with Gasteiger partial charge in [-0.1, -0.05) is 20.8 Å². The molecule has 1 saturated heterocycles. The first kappa shape index (κ1) is 19.7. The largest absolute Gasteiger partial charge is 0.352 e. The van der Waals surface area contributed by atoms with Crippen molar-refractivity contribution in [1.82, 2.24) is 9.62 Å². The molecule has 1 aliphatic carbocycles. The van der Waals surface area contributed by atoms with Gasteiger partial charge in [-0.2, -0.15) is 0 Å². The molecular weight excluding hydrogens is 326 g/mol. The monoisotopic (exact) mass is 353 g/mol. The summed E-state index contributed by atoms with van der Waals surface area (Å²) in [4.78, 5) is 12.1. The van der Waals surface area contributed by atoms with Gasteiger partial charge in [0.25, 0.3) is 0 Å². The van der Waals surface area contributed by atoms with Crippen LogP contribution in [0, 0.1) is 5.41 Å². The maximum Gasteiger partial charge on any atom is 0.237 e. The number of hydrogen-bond donors (Lipinski definition) is 2. The minimum absolute atomic E-state index is 0. The van der Waals surface area contributed by atoms with Gasteiger partial charge in [-0.05, 0) is 31.1 Å². The van der Waals surface area contributed by atoms with E-state index in [2.05, 4.69) is 5.32 Å². The average Bonchev–Trinajstić information content (AvgIpc) is 3.22. The van der Waals surface area contributed by atoms with Crippen LogP contribution in [0.2, 0.25) is 0 Å². The van der Waals surface area contributed by atoms with Crippen LogP contribution in [0.3, 0.4) is 0 Å². The Morgan fingerprint density at radius 2 is 1.68 bits per heavy atom. The van der Waals surface area contributed by atoms with Crippen LogP contribution in [0.1, 0.15) is 46.5 Å². The van der Waals surface area contributed by atoms with E-state index in [0.29, 0.717) is 25.9 Å². The van der Waals surface area contributed by atoms with E-state index in [1.165, 1.54) is 0 Å². The SMILES string of the molecule is CC(C)(C)[C@H](N)C(=O)NC1CCN(S(=O)(=O)C2CC2)CC1.Cl. The predicted molar refractivity (Wildman–Crippen MR) is 89.4 cm³/mol. The van der Waals surface area contributed by atoms with Crippen molar-refractivity contribution < 1.29 is 13.2 Å². The van der Waals surface area contributed by atoms with E-state index in [1.54, 1.807) is 4.31 Å². The lowest BCUT2D eigenvalue weighted by Crippen LogP contribution is -2.54. The van der Waals surface area contributed by atoms with Gasteiger partial charge in [-0.15, -0.1) is 12.4 Å². The molecule has 2 rings (SSSR count). The molecule has 1 saturated carbocycles. The highest BCUT2D eigenvalue weighted by Crippen LogP contribution is 2.32. The Hall–Kier alpha value is -0.370. The molecule has 0 unspecified atom stereocenters. The standard InChI is InChI=1S/C14H27N3O3S.ClH/c1-14(2,3)12(15)13(18)16-10-6-8-17(9-7-10)21(19,20)11-4-5-11;/h10-12H,4-9,15H2,1-3H3,(H,16,18);1H/t12-;/m1./s1. The molecule has 0 aromatic heterocycles. The number of piperidine rings is 1. The van der Waals surface area contributed by atoms with E-state index in [0.717, 1.165) is 12.8 Å². The zero-order valence-corrected chi connectivity index (χ0v) is 15.2. The van der Waals surface area contributed by atoms with Gasteiger partial charge >= 0.3 is 0 Å². The van der Waals surface area contributed by atoms with Gasteiger partial charge in [0.2, 0.25) is 15.9 Å². The molecule has 0 aromatic carbocycles. The summed E-state index contributed by atoms with van der Waals surface area (Å²) < 4.78 is 25.9. The third kappa shape index (κ3) is 4.57. The number of halogens is 1. The number of nitrogens with zero attached hydrogens (tertiary/aromatic N) is 1. The fourth-order valence-electron chi connectivity index (χ4n) is 2.52. The van der Waals surface area contributed by atoms with Crippen molar-refractivity contribution in [2.75, 3.05) is 13.1 Å². The van der Waals surface area contributed by atoms with Crippen molar-refractivity contribution in [3.63, 3.8) is 0 Å². The number of sulfonamides is 1. The lowest BCUT2D eigenvalue weighted by atomic mass is 9.86. The van der Waals surface area contributed by atoms with Crippen LogP contribution in [-0.4, -0.2) is 49.1 Å². The van der Waals surface area contributed by atoms with Gasteiger partial charge in [-0.3, -0.25) is 4.79 Å². The van der Waals surface area contributed by atoms with Gasteiger partial charge in [-0.25, -0.2) is 12.7 Å². The van der Waals surface area contributed by atoms with Crippen LogP contribution in [-0.2, 0) is 14.8 Å². The Bertz CT molecular complexity index is 492. The first-order chi connectivity index (χ1) is 9.62. The summed E-state index contributed by atoms with van der Waals surface area (Å²) in [6.07, 6.45) is 2.90. The number of amides is 1. The molecule has 0 spiro atoms. The third-order valence-corrected chi connectivity index (χ3v) is 6.72. The van der Waals surface area contributed by atoms with E-state index < -0.39 is 16.1 Å². The smallest absolute Gasteiger partial charge is 0.237 e. The first-order valence-electron chi connectivity index (χ1n) is 7.67. The molecule has 2 aliphatic rings. The summed E-state index contributed by atoms with van der Waals surface area (Å²) in [6, 6.07) is -0.526. The van der Waals surface area contributed by atoms with Gasteiger partial charge in [0.15, 0.2) is 0 Å². The summed E-state index contributed by atoms with van der Waals surface area (Å²) in [5.41, 5.74) is 5.66. The molecule has 0 aromatic rings. The lowest BCUT2D eigenvalue weighted by molar-refractivity contribution is -0.125. The third-order valence-electron chi connectivity index (χ3n) is 4.32. The van der Waals surface area contributed by atoms with Crippen molar-refractivity contribution in [3.8, 4) is 0 Å². The maximum absolute atomic E-state index is 12.1. The summed E-state index contributed by atoms with van der Waals surface area (Å²) in [5.74, 6) is -0.147. The van der Waals surface area contributed by atoms with E-state index in [-0.39, 0.29) is 35.0 Å². The molecule has 6 nitrogen and oxygen atoms in total. The van der Waals surface area contributed by atoms with Crippen molar-refractivity contribution in [2.45, 2.75) is 63.8 Å². The highest BCUT2D eigenvalue weighted by Gasteiger charge is 2.41. The quantitative estimate of drug-likeness (QED) is 0.783. The predicted octanol–water partition coefficient (Wildman–Crippen LogP) is 0.854. The molecular formula is C14H28ClN3O3S. The molecule has 22 heavy (non-hydrogen) atoms. The Kier molecular flexibility index (Phi) is 6.29. The van der Waals surface area contributed by atoms with Gasteiger partial charge in [0.1, 0.15) is 0 Å². The second kappa shape index (κ2) is 7.03. The molecule has 2 fully saturated rings. The van der Waals surface area contributed by atoms with Gasteiger partial charge < -0.3 is 11.1 Å². The normalized spacial score (nSPS) is 22.7. The number of rotatable bonds is 4. The van der Waals surface area contributed by atoms with Crippen molar-refractivity contribution >= 4 is 28.3 Å². The minimum Gasteiger partial charge on any atom is -0.352 e.